The summed E-state index contributed by atoms with van der Waals surface area (Å²) < 4.78 is 10.9. The van der Waals surface area contributed by atoms with Crippen molar-refractivity contribution < 1.29 is 19.1 Å². The van der Waals surface area contributed by atoms with E-state index in [1.54, 1.807) is 55.5 Å². The van der Waals surface area contributed by atoms with Crippen LogP contribution in [-0.4, -0.2) is 11.8 Å². The zero-order chi connectivity index (χ0) is 16.1. The summed E-state index contributed by atoms with van der Waals surface area (Å²) in [7, 11) is 0. The van der Waals surface area contributed by atoms with Gasteiger partial charge in [-0.05, 0) is 50.2 Å². The zero-order valence-corrected chi connectivity index (χ0v) is 12.5. The van der Waals surface area contributed by atoms with Crippen molar-refractivity contribution in [3.05, 3.63) is 66.2 Å². The van der Waals surface area contributed by atoms with Gasteiger partial charge in [0, 0.05) is 11.1 Å². The van der Waals surface area contributed by atoms with Crippen molar-refractivity contribution in [1.29, 1.82) is 0 Å². The van der Waals surface area contributed by atoms with Crippen LogP contribution < -0.4 is 9.47 Å². The molecule has 0 unspecified atom stereocenters. The number of ketones is 1. The predicted molar refractivity (Wildman–Crippen MR) is 83.4 cm³/mol. The molecule has 0 heterocycles. The topological polar surface area (TPSA) is 52.6 Å². The maximum absolute atomic E-state index is 11.6. The van der Waals surface area contributed by atoms with E-state index in [0.717, 1.165) is 0 Å². The van der Waals surface area contributed by atoms with Gasteiger partial charge in [0.25, 0.3) is 0 Å². The van der Waals surface area contributed by atoms with Crippen LogP contribution in [0, 0.1) is 0 Å². The molecule has 0 aromatic heterocycles. The third kappa shape index (κ3) is 3.82. The summed E-state index contributed by atoms with van der Waals surface area (Å²) in [6, 6.07) is 13.6. The lowest BCUT2D eigenvalue weighted by molar-refractivity contribution is -0.130. The Bertz CT molecular complexity index is 714. The lowest BCUT2D eigenvalue weighted by Gasteiger charge is -2.11. The molecule has 4 heteroatoms. The SMILES string of the molecule is C=C(C)C(=O)Oc1ccccc1Oc1ccc(C(C)=O)cc1. The monoisotopic (exact) mass is 296 g/mol. The first-order valence-electron chi connectivity index (χ1n) is 6.73. The molecule has 2 aromatic rings. The molecule has 22 heavy (non-hydrogen) atoms. The number of Topliss-reactive ketones (excluding diaryl/α,β-unsaturated/α-hetero) is 1. The van der Waals surface area contributed by atoms with Crippen molar-refractivity contribution in [2.45, 2.75) is 13.8 Å². The highest BCUT2D eigenvalue weighted by Crippen LogP contribution is 2.31. The molecule has 0 saturated carbocycles. The molecule has 2 rings (SSSR count). The molecule has 2 aromatic carbocycles. The summed E-state index contributed by atoms with van der Waals surface area (Å²) in [4.78, 5) is 22.9. The quantitative estimate of drug-likeness (QED) is 0.360. The summed E-state index contributed by atoms with van der Waals surface area (Å²) in [6.07, 6.45) is 0. The number of carbonyl (C=O) groups excluding carboxylic acids is 2. The Morgan fingerprint density at radius 3 is 2.05 bits per heavy atom. The van der Waals surface area contributed by atoms with Gasteiger partial charge in [-0.1, -0.05) is 18.7 Å². The fourth-order valence-corrected chi connectivity index (χ4v) is 1.69. The van der Waals surface area contributed by atoms with Crippen LogP contribution in [0.1, 0.15) is 24.2 Å². The molecule has 0 saturated heterocycles. The lowest BCUT2D eigenvalue weighted by atomic mass is 10.1. The fraction of sp³-hybridized carbons (Fsp3) is 0.111. The second-order valence-corrected chi connectivity index (χ2v) is 4.80. The Kier molecular flexibility index (Phi) is 4.73. The highest BCUT2D eigenvalue weighted by atomic mass is 16.6. The van der Waals surface area contributed by atoms with Gasteiger partial charge in [-0.3, -0.25) is 4.79 Å². The highest BCUT2D eigenvalue weighted by Gasteiger charge is 2.11. The summed E-state index contributed by atoms with van der Waals surface area (Å²) in [5.41, 5.74) is 0.912. The minimum absolute atomic E-state index is 0.0117. The van der Waals surface area contributed by atoms with Gasteiger partial charge in [0.2, 0.25) is 0 Å². The van der Waals surface area contributed by atoms with Crippen LogP contribution in [0.3, 0.4) is 0 Å². The van der Waals surface area contributed by atoms with Crippen molar-refractivity contribution in [2.24, 2.45) is 0 Å². The molecule has 0 spiro atoms. The van der Waals surface area contributed by atoms with Crippen LogP contribution in [-0.2, 0) is 4.79 Å². The molecule has 0 aliphatic heterocycles. The zero-order valence-electron chi connectivity index (χ0n) is 12.5. The van der Waals surface area contributed by atoms with Gasteiger partial charge in [0.15, 0.2) is 17.3 Å². The van der Waals surface area contributed by atoms with Gasteiger partial charge in [0.05, 0.1) is 0 Å². The molecule has 0 bridgehead atoms. The number of hydrogen-bond acceptors (Lipinski definition) is 4. The molecule has 0 N–H and O–H groups in total. The van der Waals surface area contributed by atoms with Crippen molar-refractivity contribution in [3.63, 3.8) is 0 Å². The minimum atomic E-state index is -0.511. The van der Waals surface area contributed by atoms with Gasteiger partial charge in [-0.2, -0.15) is 0 Å². The van der Waals surface area contributed by atoms with Crippen LogP contribution in [0.4, 0.5) is 0 Å². The Balaban J connectivity index is 2.20. The van der Waals surface area contributed by atoms with Crippen LogP contribution >= 0.6 is 0 Å². The second-order valence-electron chi connectivity index (χ2n) is 4.80. The number of rotatable bonds is 5. The number of para-hydroxylation sites is 2. The van der Waals surface area contributed by atoms with Gasteiger partial charge in [-0.15, -0.1) is 0 Å². The normalized spacial score (nSPS) is 9.91. The molecule has 0 aliphatic rings. The molecule has 0 amide bonds. The predicted octanol–water partition coefficient (Wildman–Crippen LogP) is 4.16. The molecule has 0 aliphatic carbocycles. The van der Waals surface area contributed by atoms with E-state index < -0.39 is 5.97 Å². The standard InChI is InChI=1S/C18H16O4/c1-12(2)18(20)22-17-7-5-4-6-16(17)21-15-10-8-14(9-11-15)13(3)19/h4-11H,1H2,2-3H3. The second kappa shape index (κ2) is 6.72. The third-order valence-corrected chi connectivity index (χ3v) is 2.89. The first-order valence-corrected chi connectivity index (χ1v) is 6.73. The molecule has 112 valence electrons. The summed E-state index contributed by atoms with van der Waals surface area (Å²) in [6.45, 7) is 6.62. The van der Waals surface area contributed by atoms with Crippen molar-refractivity contribution in [1.82, 2.24) is 0 Å². The molecule has 0 radical (unpaired) electrons. The third-order valence-electron chi connectivity index (χ3n) is 2.89. The van der Waals surface area contributed by atoms with Crippen LogP contribution in [0.25, 0.3) is 0 Å². The van der Waals surface area contributed by atoms with E-state index in [4.69, 9.17) is 9.47 Å². The Morgan fingerprint density at radius 2 is 1.50 bits per heavy atom. The van der Waals surface area contributed by atoms with E-state index in [9.17, 15) is 9.59 Å². The van der Waals surface area contributed by atoms with Crippen LogP contribution in [0.15, 0.2) is 60.7 Å². The number of hydrogen-bond donors (Lipinski definition) is 0. The van der Waals surface area contributed by atoms with E-state index in [0.29, 0.717) is 28.4 Å². The minimum Gasteiger partial charge on any atom is -0.453 e. The number of esters is 1. The van der Waals surface area contributed by atoms with E-state index in [-0.39, 0.29) is 5.78 Å². The first-order chi connectivity index (χ1) is 10.5. The Hall–Kier alpha value is -2.88. The van der Waals surface area contributed by atoms with Gasteiger partial charge in [0.1, 0.15) is 5.75 Å². The number of carbonyl (C=O) groups is 2. The highest BCUT2D eigenvalue weighted by molar-refractivity contribution is 5.94. The van der Waals surface area contributed by atoms with Crippen LogP contribution in [0.5, 0.6) is 17.2 Å². The fourth-order valence-electron chi connectivity index (χ4n) is 1.69. The first kappa shape index (κ1) is 15.5. The Labute approximate surface area is 129 Å². The summed E-state index contributed by atoms with van der Waals surface area (Å²) >= 11 is 0. The maximum atomic E-state index is 11.6. The number of ether oxygens (including phenoxy) is 2. The van der Waals surface area contributed by atoms with Gasteiger partial charge >= 0.3 is 5.97 Å². The summed E-state index contributed by atoms with van der Waals surface area (Å²) in [5, 5.41) is 0. The van der Waals surface area contributed by atoms with Crippen LogP contribution in [0.2, 0.25) is 0 Å². The average molecular weight is 296 g/mol. The molecular formula is C18H16O4. The maximum Gasteiger partial charge on any atom is 0.338 e. The van der Waals surface area contributed by atoms with E-state index in [1.807, 2.05) is 0 Å². The van der Waals surface area contributed by atoms with Crippen molar-refractivity contribution >= 4 is 11.8 Å². The van der Waals surface area contributed by atoms with Crippen molar-refractivity contribution in [3.8, 4) is 17.2 Å². The lowest BCUT2D eigenvalue weighted by Crippen LogP contribution is -2.08. The molecular weight excluding hydrogens is 280 g/mol. The average Bonchev–Trinajstić information content (AvgIpc) is 2.49. The molecule has 4 nitrogen and oxygen atoms in total. The number of benzene rings is 2. The van der Waals surface area contributed by atoms with E-state index in [1.165, 1.54) is 6.92 Å². The van der Waals surface area contributed by atoms with E-state index in [2.05, 4.69) is 6.58 Å². The van der Waals surface area contributed by atoms with Gasteiger partial charge < -0.3 is 9.47 Å². The van der Waals surface area contributed by atoms with Gasteiger partial charge in [-0.25, -0.2) is 4.79 Å². The summed E-state index contributed by atoms with van der Waals surface area (Å²) in [5.74, 6) is 0.743. The van der Waals surface area contributed by atoms with Crippen molar-refractivity contribution in [2.75, 3.05) is 0 Å². The molecule has 0 fully saturated rings. The molecule has 0 atom stereocenters. The Morgan fingerprint density at radius 1 is 0.909 bits per heavy atom. The largest absolute Gasteiger partial charge is 0.453 e. The smallest absolute Gasteiger partial charge is 0.338 e. The van der Waals surface area contributed by atoms with E-state index >= 15 is 0 Å².